The molecule has 0 spiro atoms. The highest BCUT2D eigenvalue weighted by atomic mass is 19.1. The fourth-order valence-corrected chi connectivity index (χ4v) is 2.58. The van der Waals surface area contributed by atoms with Gasteiger partial charge in [0.25, 0.3) is 5.91 Å². The first kappa shape index (κ1) is 18.7. The number of aliphatic imine (C=N–C) groups is 1. The van der Waals surface area contributed by atoms with Crippen molar-refractivity contribution in [1.82, 2.24) is 10.0 Å². The third-order valence-electron chi connectivity index (χ3n) is 4.17. The van der Waals surface area contributed by atoms with Crippen molar-refractivity contribution in [3.63, 3.8) is 0 Å². The van der Waals surface area contributed by atoms with Crippen LogP contribution in [0.4, 0.5) is 4.39 Å². The van der Waals surface area contributed by atoms with E-state index in [1.165, 1.54) is 32.4 Å². The number of carbonyl (C=O) groups excluding carboxylic acids is 1. The highest BCUT2D eigenvalue weighted by molar-refractivity contribution is 5.93. The van der Waals surface area contributed by atoms with Gasteiger partial charge in [-0.2, -0.15) is 0 Å². The third kappa shape index (κ3) is 4.57. The number of rotatable bonds is 6. The van der Waals surface area contributed by atoms with E-state index in [1.807, 2.05) is 24.4 Å². The van der Waals surface area contributed by atoms with Gasteiger partial charge in [0.05, 0.1) is 19.3 Å². The summed E-state index contributed by atoms with van der Waals surface area (Å²) in [4.78, 5) is 25.4. The zero-order valence-electron chi connectivity index (χ0n) is 15.2. The molecule has 1 aromatic heterocycles. The molecule has 0 saturated heterocycles. The van der Waals surface area contributed by atoms with E-state index in [9.17, 15) is 9.18 Å². The average molecular weight is 369 g/mol. The average Bonchev–Trinajstić information content (AvgIpc) is 2.72. The smallest absolute Gasteiger partial charge is 0.277 e. The van der Waals surface area contributed by atoms with E-state index in [-0.39, 0.29) is 12.2 Å². The van der Waals surface area contributed by atoms with Crippen LogP contribution in [-0.2, 0) is 11.4 Å². The topological polar surface area (TPSA) is 64.0 Å². The minimum Gasteiger partial charge on any atom is -0.473 e. The summed E-state index contributed by atoms with van der Waals surface area (Å²) < 4.78 is 20.0. The van der Waals surface area contributed by atoms with Gasteiger partial charge in [0, 0.05) is 36.9 Å². The molecule has 0 fully saturated rings. The Hall–Kier alpha value is -3.06. The van der Waals surface area contributed by atoms with E-state index >= 15 is 0 Å². The molecule has 27 heavy (non-hydrogen) atoms. The summed E-state index contributed by atoms with van der Waals surface area (Å²) in [7, 11) is 2.83. The SMILES string of the molecule is CON(C)C(=O)c1ccc(COc2cccc(C3=CCN=CC3)n2)c(F)c1. The summed E-state index contributed by atoms with van der Waals surface area (Å²) in [5, 5.41) is 1.03. The van der Waals surface area contributed by atoms with Crippen LogP contribution in [0.3, 0.4) is 0 Å². The number of nitrogens with zero attached hydrogens (tertiary/aromatic N) is 3. The molecule has 0 aliphatic carbocycles. The van der Waals surface area contributed by atoms with E-state index < -0.39 is 11.7 Å². The number of benzene rings is 1. The maximum atomic E-state index is 14.3. The Bertz CT molecular complexity index is 896. The second-order valence-corrected chi connectivity index (χ2v) is 5.92. The van der Waals surface area contributed by atoms with Crippen LogP contribution in [0.5, 0.6) is 5.88 Å². The molecule has 0 unspecified atom stereocenters. The van der Waals surface area contributed by atoms with Crippen molar-refractivity contribution in [2.45, 2.75) is 13.0 Å². The van der Waals surface area contributed by atoms with E-state index in [4.69, 9.17) is 9.57 Å². The molecule has 0 radical (unpaired) electrons. The molecule has 2 aromatic rings. The molecule has 2 heterocycles. The number of halogens is 1. The first-order valence-corrected chi connectivity index (χ1v) is 8.46. The van der Waals surface area contributed by atoms with Crippen molar-refractivity contribution < 1.29 is 18.8 Å². The number of aromatic nitrogens is 1. The van der Waals surface area contributed by atoms with Gasteiger partial charge in [0.15, 0.2) is 0 Å². The van der Waals surface area contributed by atoms with Crippen molar-refractivity contribution >= 4 is 17.7 Å². The second-order valence-electron chi connectivity index (χ2n) is 5.92. The number of dihydropyridines is 1. The molecule has 3 rings (SSSR count). The number of allylic oxidation sites excluding steroid dienone is 1. The summed E-state index contributed by atoms with van der Waals surface area (Å²) >= 11 is 0. The van der Waals surface area contributed by atoms with Gasteiger partial charge in [-0.05, 0) is 23.8 Å². The molecule has 140 valence electrons. The maximum absolute atomic E-state index is 14.3. The van der Waals surface area contributed by atoms with Crippen molar-refractivity contribution in [3.8, 4) is 5.88 Å². The zero-order valence-corrected chi connectivity index (χ0v) is 15.2. The van der Waals surface area contributed by atoms with Gasteiger partial charge in [0.2, 0.25) is 5.88 Å². The van der Waals surface area contributed by atoms with Crippen molar-refractivity contribution in [2.24, 2.45) is 4.99 Å². The van der Waals surface area contributed by atoms with Crippen LogP contribution in [-0.4, -0.2) is 42.9 Å². The lowest BCUT2D eigenvalue weighted by Gasteiger charge is -2.14. The van der Waals surface area contributed by atoms with Gasteiger partial charge >= 0.3 is 0 Å². The quantitative estimate of drug-likeness (QED) is 0.733. The Balaban J connectivity index is 1.68. The fourth-order valence-electron chi connectivity index (χ4n) is 2.58. The predicted molar refractivity (Wildman–Crippen MR) is 100 cm³/mol. The van der Waals surface area contributed by atoms with Crippen LogP contribution >= 0.6 is 0 Å². The van der Waals surface area contributed by atoms with Crippen molar-refractivity contribution in [3.05, 3.63) is 65.1 Å². The molecular formula is C20H20FN3O3. The monoisotopic (exact) mass is 369 g/mol. The predicted octanol–water partition coefficient (Wildman–Crippen LogP) is 3.29. The summed E-state index contributed by atoms with van der Waals surface area (Å²) in [6.07, 6.45) is 4.62. The van der Waals surface area contributed by atoms with E-state index in [0.29, 0.717) is 18.0 Å². The lowest BCUT2D eigenvalue weighted by Crippen LogP contribution is -2.25. The maximum Gasteiger partial charge on any atom is 0.277 e. The van der Waals surface area contributed by atoms with Crippen LogP contribution in [0.25, 0.3) is 5.57 Å². The number of hydroxylamine groups is 2. The van der Waals surface area contributed by atoms with Crippen LogP contribution < -0.4 is 4.74 Å². The van der Waals surface area contributed by atoms with Gasteiger partial charge in [-0.15, -0.1) is 0 Å². The molecule has 0 atom stereocenters. The van der Waals surface area contributed by atoms with Gasteiger partial charge in [-0.3, -0.25) is 14.6 Å². The summed E-state index contributed by atoms with van der Waals surface area (Å²) in [6.45, 7) is 0.661. The molecule has 1 aliphatic rings. The molecule has 0 N–H and O–H groups in total. The fraction of sp³-hybridized carbons (Fsp3) is 0.250. The van der Waals surface area contributed by atoms with Crippen LogP contribution in [0.15, 0.2) is 47.5 Å². The summed E-state index contributed by atoms with van der Waals surface area (Å²) in [5.74, 6) is -0.537. The lowest BCUT2D eigenvalue weighted by molar-refractivity contribution is -0.0757. The number of ether oxygens (including phenoxy) is 1. The number of hydrogen-bond donors (Lipinski definition) is 0. The van der Waals surface area contributed by atoms with Crippen LogP contribution in [0.1, 0.15) is 28.0 Å². The molecule has 1 aliphatic heterocycles. The molecule has 0 saturated carbocycles. The van der Waals surface area contributed by atoms with Crippen LogP contribution in [0.2, 0.25) is 0 Å². The zero-order chi connectivity index (χ0) is 19.2. The highest BCUT2D eigenvalue weighted by Crippen LogP contribution is 2.21. The van der Waals surface area contributed by atoms with E-state index in [0.717, 1.165) is 22.8 Å². The van der Waals surface area contributed by atoms with Gasteiger partial charge in [0.1, 0.15) is 12.4 Å². The van der Waals surface area contributed by atoms with E-state index in [2.05, 4.69) is 9.98 Å². The molecule has 1 aromatic carbocycles. The number of pyridine rings is 1. The van der Waals surface area contributed by atoms with Crippen molar-refractivity contribution in [1.29, 1.82) is 0 Å². The Morgan fingerprint density at radius 1 is 1.30 bits per heavy atom. The first-order valence-electron chi connectivity index (χ1n) is 8.46. The Morgan fingerprint density at radius 2 is 2.15 bits per heavy atom. The second kappa shape index (κ2) is 8.55. The van der Waals surface area contributed by atoms with E-state index in [1.54, 1.807) is 6.07 Å². The molecule has 0 bridgehead atoms. The van der Waals surface area contributed by atoms with Crippen LogP contribution in [0, 0.1) is 5.82 Å². The van der Waals surface area contributed by atoms with Gasteiger partial charge in [-0.25, -0.2) is 14.4 Å². The normalized spacial score (nSPS) is 13.2. The Morgan fingerprint density at radius 3 is 2.85 bits per heavy atom. The molecular weight excluding hydrogens is 349 g/mol. The third-order valence-corrected chi connectivity index (χ3v) is 4.17. The summed E-state index contributed by atoms with van der Waals surface area (Å²) in [6, 6.07) is 9.72. The minimum atomic E-state index is -0.521. The number of amides is 1. The lowest BCUT2D eigenvalue weighted by atomic mass is 10.1. The number of carbonyl (C=O) groups is 1. The Kier molecular flexibility index (Phi) is 5.93. The largest absolute Gasteiger partial charge is 0.473 e. The molecule has 7 heteroatoms. The van der Waals surface area contributed by atoms with Gasteiger partial charge < -0.3 is 4.74 Å². The Labute approximate surface area is 156 Å². The first-order chi connectivity index (χ1) is 13.1. The van der Waals surface area contributed by atoms with Crippen molar-refractivity contribution in [2.75, 3.05) is 20.7 Å². The van der Waals surface area contributed by atoms with Gasteiger partial charge in [-0.1, -0.05) is 18.2 Å². The highest BCUT2D eigenvalue weighted by Gasteiger charge is 2.14. The summed E-state index contributed by atoms with van der Waals surface area (Å²) in [5.41, 5.74) is 2.45. The molecule has 6 nitrogen and oxygen atoms in total. The minimum absolute atomic E-state index is 0.0113. The molecule has 1 amide bonds. The standard InChI is InChI=1S/C20H20FN3O3/c1-24(26-2)20(25)15-6-7-16(17(21)12-15)13-27-19-5-3-4-18(23-19)14-8-10-22-11-9-14/h3-8,11-12H,9-10,13H2,1-2H3. The number of hydrogen-bond acceptors (Lipinski definition) is 5.